The van der Waals surface area contributed by atoms with E-state index in [1.54, 1.807) is 60.7 Å². The summed E-state index contributed by atoms with van der Waals surface area (Å²) in [7, 11) is -2.20. The minimum Gasteiger partial charge on any atom is -0.484 e. The topological polar surface area (TPSA) is 75.7 Å². The molecule has 0 radical (unpaired) electrons. The van der Waals surface area contributed by atoms with Crippen molar-refractivity contribution >= 4 is 50.5 Å². The van der Waals surface area contributed by atoms with E-state index >= 15 is 0 Å². The third kappa shape index (κ3) is 5.24. The number of nitrogens with one attached hydrogen (secondary N) is 1. The van der Waals surface area contributed by atoms with E-state index in [0.29, 0.717) is 27.2 Å². The molecule has 0 fully saturated rings. The Labute approximate surface area is 185 Å². The largest absolute Gasteiger partial charge is 0.484 e. The fourth-order valence-electron chi connectivity index (χ4n) is 2.57. The molecule has 0 unspecified atom stereocenters. The highest BCUT2D eigenvalue weighted by Gasteiger charge is 2.20. The third-order valence-corrected chi connectivity index (χ3v) is 6.54. The zero-order valence-electron chi connectivity index (χ0n) is 15.9. The minimum absolute atomic E-state index is 0.198. The molecule has 0 aliphatic carbocycles. The number of anilines is 2. The van der Waals surface area contributed by atoms with Crippen LogP contribution in [0.15, 0.2) is 77.7 Å². The Bertz CT molecular complexity index is 1140. The normalized spacial score (nSPS) is 11.0. The van der Waals surface area contributed by atoms with Gasteiger partial charge in [-0.2, -0.15) is 0 Å². The van der Waals surface area contributed by atoms with E-state index in [1.165, 1.54) is 23.5 Å². The smallest absolute Gasteiger partial charge is 0.264 e. The highest BCUT2D eigenvalue weighted by molar-refractivity contribution is 7.92. The molecule has 156 valence electrons. The number of benzene rings is 3. The van der Waals surface area contributed by atoms with Gasteiger partial charge in [-0.15, -0.1) is 0 Å². The van der Waals surface area contributed by atoms with Gasteiger partial charge >= 0.3 is 0 Å². The predicted octanol–water partition coefficient (Wildman–Crippen LogP) is 4.84. The SMILES string of the molecule is CN(c1ccc(OCC(=O)Nc2cc(Cl)ccc2Cl)cc1)S(=O)(=O)c1ccccc1. The molecule has 1 N–H and O–H groups in total. The van der Waals surface area contributed by atoms with E-state index < -0.39 is 15.9 Å². The van der Waals surface area contributed by atoms with Gasteiger partial charge in [-0.25, -0.2) is 8.42 Å². The van der Waals surface area contributed by atoms with Crippen molar-refractivity contribution < 1.29 is 17.9 Å². The maximum atomic E-state index is 12.7. The summed E-state index contributed by atoms with van der Waals surface area (Å²) in [6.07, 6.45) is 0. The van der Waals surface area contributed by atoms with Crippen LogP contribution in [0, 0.1) is 0 Å². The molecule has 0 spiro atoms. The van der Waals surface area contributed by atoms with E-state index in [2.05, 4.69) is 5.32 Å². The molecule has 0 heterocycles. The number of rotatable bonds is 7. The van der Waals surface area contributed by atoms with Crippen LogP contribution in [-0.4, -0.2) is 28.0 Å². The van der Waals surface area contributed by atoms with Gasteiger partial charge in [0.1, 0.15) is 5.75 Å². The van der Waals surface area contributed by atoms with Gasteiger partial charge < -0.3 is 10.1 Å². The number of nitrogens with zero attached hydrogens (tertiary/aromatic N) is 1. The first-order valence-corrected chi connectivity index (χ1v) is 11.0. The molecular weight excluding hydrogens is 447 g/mol. The average Bonchev–Trinajstić information content (AvgIpc) is 2.75. The number of hydrogen-bond acceptors (Lipinski definition) is 4. The Morgan fingerprint density at radius 2 is 1.67 bits per heavy atom. The molecule has 0 bridgehead atoms. The minimum atomic E-state index is -3.67. The van der Waals surface area contributed by atoms with Crippen molar-refractivity contribution in [1.29, 1.82) is 0 Å². The predicted molar refractivity (Wildman–Crippen MR) is 119 cm³/mol. The van der Waals surface area contributed by atoms with Crippen molar-refractivity contribution in [3.63, 3.8) is 0 Å². The van der Waals surface area contributed by atoms with Crippen LogP contribution in [0.5, 0.6) is 5.75 Å². The van der Waals surface area contributed by atoms with Crippen LogP contribution in [0.4, 0.5) is 11.4 Å². The fraction of sp³-hybridized carbons (Fsp3) is 0.0952. The van der Waals surface area contributed by atoms with Crippen molar-refractivity contribution in [3.05, 3.63) is 82.8 Å². The molecular formula is C21H18Cl2N2O4S. The summed E-state index contributed by atoms with van der Waals surface area (Å²) in [5.41, 5.74) is 0.849. The van der Waals surface area contributed by atoms with Crippen LogP contribution in [0.2, 0.25) is 10.0 Å². The number of halogens is 2. The van der Waals surface area contributed by atoms with Crippen LogP contribution < -0.4 is 14.4 Å². The van der Waals surface area contributed by atoms with Crippen molar-refractivity contribution in [3.8, 4) is 5.75 Å². The number of amides is 1. The second-order valence-electron chi connectivity index (χ2n) is 6.24. The Hall–Kier alpha value is -2.74. The Kier molecular flexibility index (Phi) is 6.87. The molecule has 3 rings (SSSR count). The summed E-state index contributed by atoms with van der Waals surface area (Å²) < 4.78 is 32.0. The van der Waals surface area contributed by atoms with Crippen molar-refractivity contribution in [2.75, 3.05) is 23.3 Å². The average molecular weight is 465 g/mol. The number of hydrogen-bond donors (Lipinski definition) is 1. The van der Waals surface area contributed by atoms with Gasteiger partial charge in [0, 0.05) is 12.1 Å². The molecule has 1 amide bonds. The molecule has 9 heteroatoms. The monoisotopic (exact) mass is 464 g/mol. The molecule has 3 aromatic rings. The van der Waals surface area contributed by atoms with Gasteiger partial charge in [-0.1, -0.05) is 41.4 Å². The van der Waals surface area contributed by atoms with Crippen molar-refractivity contribution in [2.45, 2.75) is 4.90 Å². The first-order chi connectivity index (χ1) is 14.3. The first kappa shape index (κ1) is 22.0. The van der Waals surface area contributed by atoms with Crippen LogP contribution in [0.3, 0.4) is 0 Å². The molecule has 3 aromatic carbocycles. The number of carbonyl (C=O) groups is 1. The number of ether oxygens (including phenoxy) is 1. The second kappa shape index (κ2) is 9.38. The van der Waals surface area contributed by atoms with E-state index in [9.17, 15) is 13.2 Å². The van der Waals surface area contributed by atoms with Crippen LogP contribution in [-0.2, 0) is 14.8 Å². The molecule has 0 atom stereocenters. The summed E-state index contributed by atoms with van der Waals surface area (Å²) in [4.78, 5) is 12.3. The van der Waals surface area contributed by atoms with E-state index in [4.69, 9.17) is 27.9 Å². The lowest BCUT2D eigenvalue weighted by molar-refractivity contribution is -0.118. The maximum absolute atomic E-state index is 12.7. The fourth-order valence-corrected chi connectivity index (χ4v) is 4.12. The highest BCUT2D eigenvalue weighted by atomic mass is 35.5. The van der Waals surface area contributed by atoms with Gasteiger partial charge in [0.15, 0.2) is 6.61 Å². The number of carbonyl (C=O) groups excluding carboxylic acids is 1. The summed E-state index contributed by atoms with van der Waals surface area (Å²) in [5.74, 6) is 0.00335. The summed E-state index contributed by atoms with van der Waals surface area (Å²) in [6, 6.07) is 19.3. The molecule has 0 aromatic heterocycles. The van der Waals surface area contributed by atoms with Gasteiger partial charge in [-0.3, -0.25) is 9.10 Å². The molecule has 30 heavy (non-hydrogen) atoms. The van der Waals surface area contributed by atoms with Crippen molar-refractivity contribution in [1.82, 2.24) is 0 Å². The lowest BCUT2D eigenvalue weighted by Crippen LogP contribution is -2.26. The quantitative estimate of drug-likeness (QED) is 0.542. The Morgan fingerprint density at radius 3 is 2.33 bits per heavy atom. The standard InChI is InChI=1S/C21H18Cl2N2O4S/c1-25(30(27,28)18-5-3-2-4-6-18)16-8-10-17(11-9-16)29-14-21(26)24-20-13-15(22)7-12-19(20)23/h2-13H,14H2,1H3,(H,24,26). The summed E-state index contributed by atoms with van der Waals surface area (Å²) in [6.45, 7) is -0.250. The lowest BCUT2D eigenvalue weighted by Gasteiger charge is -2.19. The molecule has 0 aliphatic heterocycles. The molecule has 0 aliphatic rings. The lowest BCUT2D eigenvalue weighted by atomic mass is 10.3. The summed E-state index contributed by atoms with van der Waals surface area (Å²) in [5, 5.41) is 3.43. The zero-order chi connectivity index (χ0) is 21.7. The molecule has 0 saturated heterocycles. The zero-order valence-corrected chi connectivity index (χ0v) is 18.2. The summed E-state index contributed by atoms with van der Waals surface area (Å²) >= 11 is 11.9. The maximum Gasteiger partial charge on any atom is 0.264 e. The Balaban J connectivity index is 1.62. The van der Waals surface area contributed by atoms with Gasteiger partial charge in [0.25, 0.3) is 15.9 Å². The van der Waals surface area contributed by atoms with Gasteiger partial charge in [0.05, 0.1) is 21.3 Å². The van der Waals surface area contributed by atoms with E-state index in [0.717, 1.165) is 0 Å². The van der Waals surface area contributed by atoms with Crippen molar-refractivity contribution in [2.24, 2.45) is 0 Å². The Morgan fingerprint density at radius 1 is 1.00 bits per heavy atom. The van der Waals surface area contributed by atoms with Crippen LogP contribution in [0.25, 0.3) is 0 Å². The van der Waals surface area contributed by atoms with Gasteiger partial charge in [-0.05, 0) is 54.6 Å². The molecule has 0 saturated carbocycles. The van der Waals surface area contributed by atoms with Gasteiger partial charge in [0.2, 0.25) is 0 Å². The van der Waals surface area contributed by atoms with E-state index in [1.807, 2.05) is 0 Å². The second-order valence-corrected chi connectivity index (χ2v) is 9.05. The highest BCUT2D eigenvalue weighted by Crippen LogP contribution is 2.26. The van der Waals surface area contributed by atoms with Crippen LogP contribution in [0.1, 0.15) is 0 Å². The van der Waals surface area contributed by atoms with Crippen LogP contribution >= 0.6 is 23.2 Å². The number of sulfonamides is 1. The first-order valence-electron chi connectivity index (χ1n) is 8.79. The molecule has 6 nitrogen and oxygen atoms in total. The van der Waals surface area contributed by atoms with E-state index in [-0.39, 0.29) is 11.5 Å². The third-order valence-electron chi connectivity index (χ3n) is 4.17.